The average Bonchev–Trinajstić information content (AvgIpc) is 3.28. The summed E-state index contributed by atoms with van der Waals surface area (Å²) in [5, 5.41) is 20.8. The van der Waals surface area contributed by atoms with Crippen molar-refractivity contribution in [1.82, 2.24) is 19.5 Å². The van der Waals surface area contributed by atoms with Gasteiger partial charge >= 0.3 is 0 Å². The van der Waals surface area contributed by atoms with Gasteiger partial charge in [0.05, 0.1) is 0 Å². The minimum atomic E-state index is -2.10. The number of nitrogens with zero attached hydrogens (tertiary/aromatic N) is 4. The third kappa shape index (κ3) is 3.05. The lowest BCUT2D eigenvalue weighted by molar-refractivity contribution is -0.157. The van der Waals surface area contributed by atoms with E-state index in [0.29, 0.717) is 17.0 Å². The van der Waals surface area contributed by atoms with E-state index < -0.39 is 35.6 Å². The highest BCUT2D eigenvalue weighted by Crippen LogP contribution is 2.42. The van der Waals surface area contributed by atoms with Gasteiger partial charge < -0.3 is 20.7 Å². The van der Waals surface area contributed by atoms with Gasteiger partial charge in [-0.05, 0) is 13.8 Å². The number of imidazole rings is 1. The van der Waals surface area contributed by atoms with E-state index >= 15 is 0 Å². The number of Topliss-reactive ketones (excluding diaryl/α,β-unsaturated/α-hetero) is 2. The van der Waals surface area contributed by atoms with Gasteiger partial charge in [0.25, 0.3) is 0 Å². The number of carbonyl (C=O) groups is 2. The molecular weight excluding hydrogens is 390 g/mol. The van der Waals surface area contributed by atoms with Gasteiger partial charge in [0, 0.05) is 12.0 Å². The molecule has 1 aromatic carbocycles. The van der Waals surface area contributed by atoms with Gasteiger partial charge in [0.1, 0.15) is 24.5 Å². The number of hydrogen-bond donors (Lipinski definition) is 3. The van der Waals surface area contributed by atoms with E-state index in [1.165, 1.54) is 20.2 Å². The molecule has 0 saturated carbocycles. The predicted molar refractivity (Wildman–Crippen MR) is 106 cm³/mol. The van der Waals surface area contributed by atoms with Gasteiger partial charge in [-0.25, -0.2) is 15.0 Å². The van der Waals surface area contributed by atoms with Crippen LogP contribution in [-0.4, -0.2) is 59.1 Å². The van der Waals surface area contributed by atoms with Gasteiger partial charge in [-0.15, -0.1) is 0 Å². The Labute approximate surface area is 171 Å². The Kier molecular flexibility index (Phi) is 4.85. The maximum atomic E-state index is 12.5. The summed E-state index contributed by atoms with van der Waals surface area (Å²) >= 11 is 0. The minimum Gasteiger partial charge on any atom is -0.386 e. The molecule has 0 aliphatic carbocycles. The molecule has 1 unspecified atom stereocenters. The summed E-state index contributed by atoms with van der Waals surface area (Å²) in [6, 6.07) is 9.16. The van der Waals surface area contributed by atoms with Crippen molar-refractivity contribution in [3.8, 4) is 11.4 Å². The van der Waals surface area contributed by atoms with E-state index in [2.05, 4.69) is 15.0 Å². The lowest BCUT2D eigenvalue weighted by Crippen LogP contribution is -2.51. The molecule has 3 aromatic rings. The van der Waals surface area contributed by atoms with E-state index in [9.17, 15) is 19.8 Å². The summed E-state index contributed by atoms with van der Waals surface area (Å²) in [5.74, 6) is -0.829. The number of aromatic nitrogens is 4. The molecule has 3 heterocycles. The standard InChI is InChI=1S/C20H21N5O5/c1-10(26)15(28)16-20(29,11(2)27)8-13(30-16)25-18(12-6-4-3-5-7-12)24-14-17(21)22-9-23-19(14)25/h3-7,9-10,13,16,26,29H,8H2,1-2H3,(H2,21,22,23)/t10?,13-,16-,20-/m1/s1. The Hall–Kier alpha value is -3.21. The lowest BCUT2D eigenvalue weighted by Gasteiger charge is -2.24. The number of nitrogens with two attached hydrogens (primary N) is 1. The zero-order valence-electron chi connectivity index (χ0n) is 16.4. The number of aliphatic hydroxyl groups is 2. The van der Waals surface area contributed by atoms with E-state index in [0.717, 1.165) is 5.56 Å². The van der Waals surface area contributed by atoms with Gasteiger partial charge in [-0.3, -0.25) is 14.2 Å². The van der Waals surface area contributed by atoms with E-state index in [4.69, 9.17) is 10.5 Å². The summed E-state index contributed by atoms with van der Waals surface area (Å²) in [4.78, 5) is 37.5. The largest absolute Gasteiger partial charge is 0.386 e. The van der Waals surface area contributed by atoms with Crippen molar-refractivity contribution in [1.29, 1.82) is 0 Å². The minimum absolute atomic E-state index is 0.160. The van der Waals surface area contributed by atoms with Crippen LogP contribution in [0, 0.1) is 0 Å². The molecule has 1 fully saturated rings. The van der Waals surface area contributed by atoms with Gasteiger partial charge in [-0.2, -0.15) is 0 Å². The van der Waals surface area contributed by atoms with Crippen LogP contribution < -0.4 is 5.73 Å². The fourth-order valence-electron chi connectivity index (χ4n) is 3.68. The van der Waals surface area contributed by atoms with Crippen molar-refractivity contribution < 1.29 is 24.5 Å². The molecule has 10 heteroatoms. The maximum Gasteiger partial charge on any atom is 0.193 e. The monoisotopic (exact) mass is 411 g/mol. The molecule has 1 saturated heterocycles. The van der Waals surface area contributed by atoms with Crippen molar-refractivity contribution in [2.24, 2.45) is 0 Å². The summed E-state index contributed by atoms with van der Waals surface area (Å²) in [7, 11) is 0. The van der Waals surface area contributed by atoms with E-state index in [-0.39, 0.29) is 12.2 Å². The van der Waals surface area contributed by atoms with Crippen LogP contribution in [0.15, 0.2) is 36.7 Å². The number of ketones is 2. The van der Waals surface area contributed by atoms with Gasteiger partial charge in [0.2, 0.25) is 0 Å². The number of benzene rings is 1. The molecule has 156 valence electrons. The molecule has 0 bridgehead atoms. The van der Waals surface area contributed by atoms with Crippen LogP contribution in [0.2, 0.25) is 0 Å². The van der Waals surface area contributed by atoms with Crippen molar-refractivity contribution in [2.75, 3.05) is 5.73 Å². The topological polar surface area (TPSA) is 153 Å². The number of rotatable bonds is 5. The first-order valence-electron chi connectivity index (χ1n) is 9.38. The van der Waals surface area contributed by atoms with Crippen molar-refractivity contribution in [3.63, 3.8) is 0 Å². The molecule has 30 heavy (non-hydrogen) atoms. The molecule has 0 spiro atoms. The zero-order chi connectivity index (χ0) is 21.6. The van der Waals surface area contributed by atoms with Crippen LogP contribution in [-0.2, 0) is 14.3 Å². The second-order valence-corrected chi connectivity index (χ2v) is 7.34. The van der Waals surface area contributed by atoms with Crippen LogP contribution in [0.3, 0.4) is 0 Å². The Morgan fingerprint density at radius 2 is 2.00 bits per heavy atom. The zero-order valence-corrected chi connectivity index (χ0v) is 16.4. The molecule has 10 nitrogen and oxygen atoms in total. The molecule has 4 atom stereocenters. The summed E-state index contributed by atoms with van der Waals surface area (Å²) in [6.07, 6.45) is -2.84. The van der Waals surface area contributed by atoms with Crippen LogP contribution in [0.4, 0.5) is 5.82 Å². The molecule has 4 N–H and O–H groups in total. The van der Waals surface area contributed by atoms with Gasteiger partial charge in [-0.1, -0.05) is 30.3 Å². The normalized spacial score (nSPS) is 24.8. The highest BCUT2D eigenvalue weighted by Gasteiger charge is 2.56. The van der Waals surface area contributed by atoms with E-state index in [1.54, 1.807) is 4.57 Å². The summed E-state index contributed by atoms with van der Waals surface area (Å²) in [6.45, 7) is 2.44. The Bertz CT molecular complexity index is 1130. The fraction of sp³-hybridized carbons (Fsp3) is 0.350. The second-order valence-electron chi connectivity index (χ2n) is 7.34. The number of aliphatic hydroxyl groups excluding tert-OH is 1. The van der Waals surface area contributed by atoms with Gasteiger partial charge in [0.15, 0.2) is 40.3 Å². The highest BCUT2D eigenvalue weighted by molar-refractivity contribution is 5.97. The number of carbonyl (C=O) groups excluding carboxylic acids is 2. The Balaban J connectivity index is 1.90. The van der Waals surface area contributed by atoms with Crippen LogP contribution in [0.25, 0.3) is 22.6 Å². The smallest absolute Gasteiger partial charge is 0.193 e. The fourth-order valence-corrected chi connectivity index (χ4v) is 3.68. The first-order chi connectivity index (χ1) is 14.2. The van der Waals surface area contributed by atoms with Crippen LogP contribution >= 0.6 is 0 Å². The first-order valence-corrected chi connectivity index (χ1v) is 9.38. The van der Waals surface area contributed by atoms with Crippen molar-refractivity contribution in [3.05, 3.63) is 36.7 Å². The van der Waals surface area contributed by atoms with Crippen LogP contribution in [0.1, 0.15) is 26.5 Å². The number of anilines is 1. The Morgan fingerprint density at radius 3 is 2.63 bits per heavy atom. The van der Waals surface area contributed by atoms with Crippen molar-refractivity contribution in [2.45, 2.75) is 44.3 Å². The quantitative estimate of drug-likeness (QED) is 0.548. The number of fused-ring (bicyclic) bond motifs is 1. The number of hydrogen-bond acceptors (Lipinski definition) is 9. The Morgan fingerprint density at radius 1 is 1.30 bits per heavy atom. The third-order valence-electron chi connectivity index (χ3n) is 5.32. The molecule has 1 aliphatic rings. The average molecular weight is 411 g/mol. The molecule has 2 aromatic heterocycles. The maximum absolute atomic E-state index is 12.5. The molecule has 1 aliphatic heterocycles. The molecule has 0 radical (unpaired) electrons. The summed E-state index contributed by atoms with van der Waals surface area (Å²) < 4.78 is 7.45. The van der Waals surface area contributed by atoms with Crippen LogP contribution in [0.5, 0.6) is 0 Å². The molecule has 0 amide bonds. The van der Waals surface area contributed by atoms with E-state index in [1.807, 2.05) is 30.3 Å². The second kappa shape index (κ2) is 7.24. The third-order valence-corrected chi connectivity index (χ3v) is 5.32. The number of ether oxygens (including phenoxy) is 1. The summed E-state index contributed by atoms with van der Waals surface area (Å²) in [5.41, 5.74) is 5.26. The predicted octanol–water partition coefficient (Wildman–Crippen LogP) is 0.633. The number of nitrogen functional groups attached to an aromatic ring is 1. The highest BCUT2D eigenvalue weighted by atomic mass is 16.5. The molecular formula is C20H21N5O5. The van der Waals surface area contributed by atoms with Crippen molar-refractivity contribution >= 4 is 28.5 Å². The molecule has 4 rings (SSSR count). The first kappa shape index (κ1) is 20.1. The lowest BCUT2D eigenvalue weighted by atomic mass is 9.87. The SMILES string of the molecule is CC(=O)[C@]1(O)C[C@H](n2c(-c3ccccc3)nc3c(N)ncnc32)O[C@@H]1C(=O)C(C)O.